The van der Waals surface area contributed by atoms with Crippen molar-refractivity contribution < 1.29 is 13.2 Å². The molecule has 2 N–H and O–H groups in total. The van der Waals surface area contributed by atoms with E-state index in [0.717, 1.165) is 18.1 Å². The van der Waals surface area contributed by atoms with Crippen LogP contribution in [0.25, 0.3) is 11.0 Å². The molecule has 0 aliphatic carbocycles. The second-order valence-corrected chi connectivity index (χ2v) is 4.49. The van der Waals surface area contributed by atoms with Gasteiger partial charge in [0.15, 0.2) is 0 Å². The predicted octanol–water partition coefficient (Wildman–Crippen LogP) is 2.48. The number of nitrogens with zero attached hydrogens (tertiary/aromatic N) is 4. The number of fused-ring (bicyclic) bond motifs is 1. The van der Waals surface area contributed by atoms with Gasteiger partial charge in [0.2, 0.25) is 0 Å². The molecule has 0 aliphatic heterocycles. The van der Waals surface area contributed by atoms with E-state index in [1.54, 1.807) is 24.5 Å². The molecule has 108 valence electrons. The molecule has 3 aromatic heterocycles. The van der Waals surface area contributed by atoms with Crippen LogP contribution in [-0.4, -0.2) is 19.5 Å². The number of anilines is 1. The summed E-state index contributed by atoms with van der Waals surface area (Å²) in [5.41, 5.74) is 5.67. The lowest BCUT2D eigenvalue weighted by atomic mass is 10.2. The maximum absolute atomic E-state index is 13.1. The summed E-state index contributed by atoms with van der Waals surface area (Å²) in [6.45, 7) is 0.219. The molecule has 0 aromatic carbocycles. The topological polar surface area (TPSA) is 69.6 Å². The molecule has 3 aromatic rings. The van der Waals surface area contributed by atoms with Crippen molar-refractivity contribution in [2.24, 2.45) is 0 Å². The zero-order chi connectivity index (χ0) is 15.0. The fourth-order valence-corrected chi connectivity index (χ4v) is 2.17. The van der Waals surface area contributed by atoms with Crippen molar-refractivity contribution in [1.29, 1.82) is 0 Å². The Hall–Kier alpha value is -2.64. The molecule has 0 bridgehead atoms. The van der Waals surface area contributed by atoms with E-state index in [0.29, 0.717) is 0 Å². The van der Waals surface area contributed by atoms with E-state index >= 15 is 0 Å². The van der Waals surface area contributed by atoms with Crippen molar-refractivity contribution in [3.05, 3.63) is 48.2 Å². The second-order valence-electron chi connectivity index (χ2n) is 4.49. The minimum Gasteiger partial charge on any atom is -0.383 e. The first-order valence-electron chi connectivity index (χ1n) is 6.02. The number of hydrogen-bond acceptors (Lipinski definition) is 4. The number of pyridine rings is 1. The van der Waals surface area contributed by atoms with Crippen molar-refractivity contribution in [1.82, 2.24) is 19.5 Å². The average molecular weight is 293 g/mol. The SMILES string of the molecule is Nc1ncnc2c1c(C(F)(F)F)cn2Cc1cccnc1. The summed E-state index contributed by atoms with van der Waals surface area (Å²) in [5, 5.41) is -0.172. The van der Waals surface area contributed by atoms with Gasteiger partial charge in [0, 0.05) is 18.6 Å². The summed E-state index contributed by atoms with van der Waals surface area (Å²) in [5.74, 6) is -0.183. The Balaban J connectivity index is 2.18. The zero-order valence-electron chi connectivity index (χ0n) is 10.7. The van der Waals surface area contributed by atoms with E-state index in [2.05, 4.69) is 15.0 Å². The Bertz CT molecular complexity index is 780. The first kappa shape index (κ1) is 13.3. The van der Waals surface area contributed by atoms with Gasteiger partial charge in [-0.3, -0.25) is 4.98 Å². The highest BCUT2D eigenvalue weighted by Crippen LogP contribution is 2.37. The quantitative estimate of drug-likeness (QED) is 0.788. The number of alkyl halides is 3. The second kappa shape index (κ2) is 4.72. The lowest BCUT2D eigenvalue weighted by Crippen LogP contribution is -2.05. The molecule has 3 rings (SSSR count). The van der Waals surface area contributed by atoms with Crippen LogP contribution < -0.4 is 5.73 Å². The van der Waals surface area contributed by atoms with Crippen molar-refractivity contribution in [3.8, 4) is 0 Å². The molecule has 0 spiro atoms. The normalized spacial score (nSPS) is 12.0. The number of hydrogen-bond donors (Lipinski definition) is 1. The molecule has 0 saturated carbocycles. The molecule has 8 heteroatoms. The highest BCUT2D eigenvalue weighted by atomic mass is 19.4. The van der Waals surface area contributed by atoms with Crippen molar-refractivity contribution in [2.75, 3.05) is 5.73 Å². The van der Waals surface area contributed by atoms with Crippen LogP contribution in [0, 0.1) is 0 Å². The molecule has 21 heavy (non-hydrogen) atoms. The van der Waals surface area contributed by atoms with Gasteiger partial charge in [0.1, 0.15) is 17.8 Å². The summed E-state index contributed by atoms with van der Waals surface area (Å²) in [7, 11) is 0. The highest BCUT2D eigenvalue weighted by molar-refractivity contribution is 5.90. The number of halogens is 3. The van der Waals surface area contributed by atoms with Gasteiger partial charge in [-0.25, -0.2) is 9.97 Å². The van der Waals surface area contributed by atoms with Gasteiger partial charge >= 0.3 is 6.18 Å². The highest BCUT2D eigenvalue weighted by Gasteiger charge is 2.36. The number of nitrogen functional groups attached to an aromatic ring is 1. The number of aromatic nitrogens is 4. The fourth-order valence-electron chi connectivity index (χ4n) is 2.17. The van der Waals surface area contributed by atoms with Crippen LogP contribution in [0.1, 0.15) is 11.1 Å². The van der Waals surface area contributed by atoms with Crippen LogP contribution in [0.5, 0.6) is 0 Å². The molecule has 0 radical (unpaired) electrons. The molecule has 0 atom stereocenters. The smallest absolute Gasteiger partial charge is 0.383 e. The molecular formula is C13H10F3N5. The number of nitrogens with two attached hydrogens (primary N) is 1. The molecule has 3 heterocycles. The average Bonchev–Trinajstić information content (AvgIpc) is 2.80. The van der Waals surface area contributed by atoms with Gasteiger partial charge in [0.05, 0.1) is 17.5 Å². The van der Waals surface area contributed by atoms with E-state index in [1.165, 1.54) is 4.57 Å². The summed E-state index contributed by atoms with van der Waals surface area (Å²) < 4.78 is 40.7. The van der Waals surface area contributed by atoms with Crippen LogP contribution in [-0.2, 0) is 12.7 Å². The molecule has 0 unspecified atom stereocenters. The molecule has 0 amide bonds. The summed E-state index contributed by atoms with van der Waals surface area (Å²) in [6.07, 6.45) is 0.819. The third kappa shape index (κ3) is 2.39. The minimum atomic E-state index is -4.52. The largest absolute Gasteiger partial charge is 0.418 e. The Kier molecular flexibility index (Phi) is 3.00. The summed E-state index contributed by atoms with van der Waals surface area (Å²) >= 11 is 0. The Morgan fingerprint density at radius 2 is 2.05 bits per heavy atom. The number of rotatable bonds is 2. The Labute approximate surface area is 117 Å². The molecule has 0 saturated heterocycles. The molecule has 0 fully saturated rings. The summed E-state index contributed by atoms with van der Waals surface area (Å²) in [4.78, 5) is 11.5. The first-order valence-corrected chi connectivity index (χ1v) is 6.02. The van der Waals surface area contributed by atoms with Crippen molar-refractivity contribution in [2.45, 2.75) is 12.7 Å². The lowest BCUT2D eigenvalue weighted by Gasteiger charge is -2.04. The molecular weight excluding hydrogens is 283 g/mol. The van der Waals surface area contributed by atoms with Gasteiger partial charge < -0.3 is 10.3 Å². The van der Waals surface area contributed by atoms with Crippen molar-refractivity contribution in [3.63, 3.8) is 0 Å². The Morgan fingerprint density at radius 1 is 1.24 bits per heavy atom. The van der Waals surface area contributed by atoms with Gasteiger partial charge in [-0.15, -0.1) is 0 Å². The summed E-state index contributed by atoms with van der Waals surface area (Å²) in [6, 6.07) is 3.49. The van der Waals surface area contributed by atoms with E-state index in [-0.39, 0.29) is 23.4 Å². The minimum absolute atomic E-state index is 0.152. The van der Waals surface area contributed by atoms with E-state index < -0.39 is 11.7 Å². The predicted molar refractivity (Wildman–Crippen MR) is 70.3 cm³/mol. The molecule has 0 aliphatic rings. The first-order chi connectivity index (χ1) is 9.97. The third-order valence-electron chi connectivity index (χ3n) is 3.06. The van der Waals surface area contributed by atoms with Gasteiger partial charge in [-0.1, -0.05) is 6.07 Å². The van der Waals surface area contributed by atoms with Crippen LogP contribution in [0.3, 0.4) is 0 Å². The van der Waals surface area contributed by atoms with Gasteiger partial charge in [-0.2, -0.15) is 13.2 Å². The van der Waals surface area contributed by atoms with E-state index in [9.17, 15) is 13.2 Å². The zero-order valence-corrected chi connectivity index (χ0v) is 10.7. The monoisotopic (exact) mass is 293 g/mol. The fraction of sp³-hybridized carbons (Fsp3) is 0.154. The van der Waals surface area contributed by atoms with E-state index in [1.807, 2.05) is 0 Å². The van der Waals surface area contributed by atoms with Crippen molar-refractivity contribution >= 4 is 16.9 Å². The Morgan fingerprint density at radius 3 is 2.71 bits per heavy atom. The lowest BCUT2D eigenvalue weighted by molar-refractivity contribution is -0.136. The van der Waals surface area contributed by atoms with Crippen LogP contribution >= 0.6 is 0 Å². The van der Waals surface area contributed by atoms with Crippen LogP contribution in [0.15, 0.2) is 37.1 Å². The standard InChI is InChI=1S/C13H10F3N5/c14-13(15,16)9-6-21(5-8-2-1-3-18-4-8)12-10(9)11(17)19-7-20-12/h1-4,6-7H,5H2,(H2,17,19,20). The maximum Gasteiger partial charge on any atom is 0.418 e. The van der Waals surface area contributed by atoms with E-state index in [4.69, 9.17) is 5.73 Å². The third-order valence-corrected chi connectivity index (χ3v) is 3.06. The molecule has 5 nitrogen and oxygen atoms in total. The van der Waals surface area contributed by atoms with Gasteiger partial charge in [0.25, 0.3) is 0 Å². The van der Waals surface area contributed by atoms with Gasteiger partial charge in [-0.05, 0) is 11.6 Å². The van der Waals surface area contributed by atoms with Crippen LogP contribution in [0.2, 0.25) is 0 Å². The van der Waals surface area contributed by atoms with Crippen LogP contribution in [0.4, 0.5) is 19.0 Å². The maximum atomic E-state index is 13.1.